The van der Waals surface area contributed by atoms with Crippen molar-refractivity contribution in [3.05, 3.63) is 23.5 Å². The lowest BCUT2D eigenvalue weighted by atomic mass is 9.86. The van der Waals surface area contributed by atoms with Crippen LogP contribution in [0.2, 0.25) is 0 Å². The van der Waals surface area contributed by atoms with Crippen LogP contribution in [0.5, 0.6) is 0 Å². The van der Waals surface area contributed by atoms with E-state index in [-0.39, 0.29) is 5.60 Å². The Labute approximate surface area is 91.3 Å². The summed E-state index contributed by atoms with van der Waals surface area (Å²) < 4.78 is 6.03. The summed E-state index contributed by atoms with van der Waals surface area (Å²) in [5.74, 6) is 1.01. The zero-order valence-corrected chi connectivity index (χ0v) is 9.75. The molecule has 1 spiro atoms. The van der Waals surface area contributed by atoms with Crippen LogP contribution in [0.3, 0.4) is 0 Å². The molecular weight excluding hydrogens is 190 g/mol. The lowest BCUT2D eigenvalue weighted by Gasteiger charge is -2.38. The molecule has 0 bridgehead atoms. The fourth-order valence-electron chi connectivity index (χ4n) is 2.35. The highest BCUT2D eigenvalue weighted by atomic mass is 16.7. The van der Waals surface area contributed by atoms with Crippen molar-refractivity contribution in [2.75, 3.05) is 20.2 Å². The SMILES string of the molecule is CC=C1C=C(C)C2(CCN(OC)CC2)O1. The number of hydrogen-bond donors (Lipinski definition) is 0. The van der Waals surface area contributed by atoms with Gasteiger partial charge in [0.25, 0.3) is 0 Å². The minimum atomic E-state index is -0.0448. The van der Waals surface area contributed by atoms with Crippen molar-refractivity contribution in [3.63, 3.8) is 0 Å². The second-order valence-corrected chi connectivity index (χ2v) is 4.23. The van der Waals surface area contributed by atoms with Crippen molar-refractivity contribution < 1.29 is 9.57 Å². The molecule has 1 saturated heterocycles. The Morgan fingerprint density at radius 3 is 2.60 bits per heavy atom. The molecule has 2 rings (SSSR count). The van der Waals surface area contributed by atoms with Crippen LogP contribution in [-0.2, 0) is 9.57 Å². The van der Waals surface area contributed by atoms with Crippen molar-refractivity contribution >= 4 is 0 Å². The standard InChI is InChI=1S/C12H19NO2/c1-4-11-9-10(2)12(15-11)5-7-13(14-3)8-6-12/h4,9H,5-8H2,1-3H3. The molecule has 2 aliphatic rings. The van der Waals surface area contributed by atoms with Crippen molar-refractivity contribution in [2.45, 2.75) is 32.3 Å². The van der Waals surface area contributed by atoms with E-state index in [1.54, 1.807) is 7.11 Å². The van der Waals surface area contributed by atoms with Gasteiger partial charge in [-0.2, -0.15) is 5.06 Å². The molecule has 0 aromatic heterocycles. The van der Waals surface area contributed by atoms with E-state index < -0.39 is 0 Å². The highest BCUT2D eigenvalue weighted by molar-refractivity contribution is 5.32. The van der Waals surface area contributed by atoms with Gasteiger partial charge < -0.3 is 9.57 Å². The van der Waals surface area contributed by atoms with Crippen LogP contribution in [0.4, 0.5) is 0 Å². The third-order valence-corrected chi connectivity index (χ3v) is 3.46. The summed E-state index contributed by atoms with van der Waals surface area (Å²) >= 11 is 0. The zero-order chi connectivity index (χ0) is 10.9. The number of ether oxygens (including phenoxy) is 1. The van der Waals surface area contributed by atoms with Crippen molar-refractivity contribution in [3.8, 4) is 0 Å². The quantitative estimate of drug-likeness (QED) is 0.661. The topological polar surface area (TPSA) is 21.7 Å². The summed E-state index contributed by atoms with van der Waals surface area (Å²) in [5, 5.41) is 2.00. The van der Waals surface area contributed by atoms with Gasteiger partial charge in [-0.05, 0) is 31.6 Å². The molecule has 0 aliphatic carbocycles. The van der Waals surface area contributed by atoms with E-state index in [0.29, 0.717) is 0 Å². The third-order valence-electron chi connectivity index (χ3n) is 3.46. The summed E-state index contributed by atoms with van der Waals surface area (Å²) in [6, 6.07) is 0. The van der Waals surface area contributed by atoms with E-state index in [1.807, 2.05) is 18.1 Å². The second-order valence-electron chi connectivity index (χ2n) is 4.23. The molecular formula is C12H19NO2. The second kappa shape index (κ2) is 3.99. The van der Waals surface area contributed by atoms with Crippen LogP contribution in [0.15, 0.2) is 23.5 Å². The maximum Gasteiger partial charge on any atom is 0.133 e. The third kappa shape index (κ3) is 1.82. The zero-order valence-electron chi connectivity index (χ0n) is 9.75. The number of piperidine rings is 1. The van der Waals surface area contributed by atoms with Gasteiger partial charge in [-0.25, -0.2) is 0 Å². The highest BCUT2D eigenvalue weighted by Gasteiger charge is 2.41. The summed E-state index contributed by atoms with van der Waals surface area (Å²) in [6.45, 7) is 6.07. The lowest BCUT2D eigenvalue weighted by Crippen LogP contribution is -2.44. The van der Waals surface area contributed by atoms with E-state index >= 15 is 0 Å². The Kier molecular flexibility index (Phi) is 2.85. The molecule has 0 unspecified atom stereocenters. The molecule has 3 heteroatoms. The maximum atomic E-state index is 6.03. The molecule has 0 aromatic rings. The number of hydroxylamine groups is 2. The largest absolute Gasteiger partial charge is 0.483 e. The first kappa shape index (κ1) is 10.7. The van der Waals surface area contributed by atoms with Crippen LogP contribution in [0, 0.1) is 0 Å². The Balaban J connectivity index is 2.08. The summed E-state index contributed by atoms with van der Waals surface area (Å²) in [6.07, 6.45) is 6.21. The van der Waals surface area contributed by atoms with Crippen LogP contribution in [-0.4, -0.2) is 30.9 Å². The number of allylic oxidation sites excluding steroid dienone is 2. The van der Waals surface area contributed by atoms with Crippen molar-refractivity contribution in [1.82, 2.24) is 5.06 Å². The molecule has 2 aliphatic heterocycles. The average Bonchev–Trinajstić information content (AvgIpc) is 2.57. The van der Waals surface area contributed by atoms with E-state index in [2.05, 4.69) is 13.0 Å². The van der Waals surface area contributed by atoms with Crippen LogP contribution in [0.25, 0.3) is 0 Å². The monoisotopic (exact) mass is 209 g/mol. The Bertz CT molecular complexity index is 299. The summed E-state index contributed by atoms with van der Waals surface area (Å²) in [4.78, 5) is 5.23. The first-order valence-electron chi connectivity index (χ1n) is 5.53. The molecule has 0 amide bonds. The van der Waals surface area contributed by atoms with Gasteiger partial charge in [0.15, 0.2) is 0 Å². The molecule has 84 valence electrons. The van der Waals surface area contributed by atoms with Crippen molar-refractivity contribution in [2.24, 2.45) is 0 Å². The Morgan fingerprint density at radius 1 is 1.47 bits per heavy atom. The lowest BCUT2D eigenvalue weighted by molar-refractivity contribution is -0.167. The Hall–Kier alpha value is -0.800. The van der Waals surface area contributed by atoms with Gasteiger partial charge >= 0.3 is 0 Å². The number of rotatable bonds is 1. The maximum absolute atomic E-state index is 6.03. The van der Waals surface area contributed by atoms with Gasteiger partial charge in [0, 0.05) is 25.9 Å². The van der Waals surface area contributed by atoms with E-state index in [9.17, 15) is 0 Å². The van der Waals surface area contributed by atoms with Gasteiger partial charge in [0.05, 0.1) is 7.11 Å². The summed E-state index contributed by atoms with van der Waals surface area (Å²) in [7, 11) is 1.73. The van der Waals surface area contributed by atoms with Gasteiger partial charge in [0.1, 0.15) is 11.4 Å². The molecule has 0 N–H and O–H groups in total. The Morgan fingerprint density at radius 2 is 2.13 bits per heavy atom. The van der Waals surface area contributed by atoms with Crippen molar-refractivity contribution in [1.29, 1.82) is 0 Å². The minimum absolute atomic E-state index is 0.0448. The fraction of sp³-hybridized carbons (Fsp3) is 0.667. The average molecular weight is 209 g/mol. The van der Waals surface area contributed by atoms with E-state index in [4.69, 9.17) is 9.57 Å². The predicted molar refractivity (Wildman–Crippen MR) is 59.1 cm³/mol. The van der Waals surface area contributed by atoms with E-state index in [0.717, 1.165) is 31.7 Å². The molecule has 15 heavy (non-hydrogen) atoms. The summed E-state index contributed by atoms with van der Waals surface area (Å²) in [5.41, 5.74) is 1.31. The molecule has 3 nitrogen and oxygen atoms in total. The van der Waals surface area contributed by atoms with Gasteiger partial charge in [-0.3, -0.25) is 0 Å². The number of nitrogens with zero attached hydrogens (tertiary/aromatic N) is 1. The first-order chi connectivity index (χ1) is 7.20. The molecule has 0 aromatic carbocycles. The molecule has 0 saturated carbocycles. The number of hydrogen-bond acceptors (Lipinski definition) is 3. The first-order valence-corrected chi connectivity index (χ1v) is 5.53. The highest BCUT2D eigenvalue weighted by Crippen LogP contribution is 2.40. The van der Waals surface area contributed by atoms with E-state index in [1.165, 1.54) is 5.57 Å². The normalized spacial score (nSPS) is 28.2. The fourth-order valence-corrected chi connectivity index (χ4v) is 2.35. The van der Waals surface area contributed by atoms with Gasteiger partial charge in [-0.15, -0.1) is 0 Å². The minimum Gasteiger partial charge on any atom is -0.483 e. The molecule has 0 atom stereocenters. The molecule has 1 fully saturated rings. The van der Waals surface area contributed by atoms with Gasteiger partial charge in [0.2, 0.25) is 0 Å². The van der Waals surface area contributed by atoms with Crippen LogP contribution < -0.4 is 0 Å². The van der Waals surface area contributed by atoms with Crippen LogP contribution >= 0.6 is 0 Å². The predicted octanol–water partition coefficient (Wildman–Crippen LogP) is 2.26. The molecule has 0 radical (unpaired) electrons. The van der Waals surface area contributed by atoms with Gasteiger partial charge in [-0.1, -0.05) is 0 Å². The van der Waals surface area contributed by atoms with Crippen LogP contribution in [0.1, 0.15) is 26.7 Å². The smallest absolute Gasteiger partial charge is 0.133 e. The molecule has 2 heterocycles.